The first-order valence-electron chi connectivity index (χ1n) is 7.43. The van der Waals surface area contributed by atoms with Crippen molar-refractivity contribution in [3.8, 4) is 11.5 Å². The second kappa shape index (κ2) is 6.28. The molecule has 0 spiro atoms. The van der Waals surface area contributed by atoms with Crippen LogP contribution in [-0.4, -0.2) is 30.2 Å². The molecule has 0 saturated heterocycles. The van der Waals surface area contributed by atoms with Gasteiger partial charge in [-0.15, -0.1) is 0 Å². The third-order valence-electron chi connectivity index (χ3n) is 3.78. The molecule has 1 amide bonds. The quantitative estimate of drug-likeness (QED) is 0.554. The van der Waals surface area contributed by atoms with Gasteiger partial charge in [-0.05, 0) is 55.0 Å². The SMILES string of the molecule is CC1=NN(c2ccc(S(N)(=O)=O)cc2)C(=O)/C1=C\c1ccc(O)c(O)c1. The fourth-order valence-electron chi connectivity index (χ4n) is 2.43. The molecule has 0 saturated carbocycles. The molecule has 4 N–H and O–H groups in total. The summed E-state index contributed by atoms with van der Waals surface area (Å²) in [4.78, 5) is 12.6. The Hall–Kier alpha value is -3.17. The Morgan fingerprint density at radius 3 is 2.31 bits per heavy atom. The van der Waals surface area contributed by atoms with Crippen molar-refractivity contribution in [3.63, 3.8) is 0 Å². The minimum absolute atomic E-state index is 0.0658. The average molecular weight is 373 g/mol. The van der Waals surface area contributed by atoms with Gasteiger partial charge in [0.2, 0.25) is 10.0 Å². The van der Waals surface area contributed by atoms with E-state index in [0.717, 1.165) is 5.01 Å². The third kappa shape index (κ3) is 3.30. The number of hydrazone groups is 1. The molecule has 0 bridgehead atoms. The summed E-state index contributed by atoms with van der Waals surface area (Å²) >= 11 is 0. The summed E-state index contributed by atoms with van der Waals surface area (Å²) in [5.74, 6) is -0.958. The van der Waals surface area contributed by atoms with Gasteiger partial charge in [0.15, 0.2) is 11.5 Å². The van der Waals surface area contributed by atoms with Crippen LogP contribution < -0.4 is 10.1 Å². The first-order chi connectivity index (χ1) is 12.2. The minimum Gasteiger partial charge on any atom is -0.504 e. The molecule has 134 valence electrons. The molecule has 2 aromatic rings. The van der Waals surface area contributed by atoms with Crippen molar-refractivity contribution in [2.24, 2.45) is 10.2 Å². The van der Waals surface area contributed by atoms with Gasteiger partial charge in [0.05, 0.1) is 21.9 Å². The maximum Gasteiger partial charge on any atom is 0.280 e. The van der Waals surface area contributed by atoms with Crippen molar-refractivity contribution < 1.29 is 23.4 Å². The number of phenolic OH excluding ortho intramolecular Hbond substituents is 2. The van der Waals surface area contributed by atoms with Gasteiger partial charge in [-0.3, -0.25) is 4.79 Å². The molecule has 26 heavy (non-hydrogen) atoms. The van der Waals surface area contributed by atoms with Gasteiger partial charge in [-0.2, -0.15) is 10.1 Å². The van der Waals surface area contributed by atoms with Gasteiger partial charge in [0.25, 0.3) is 5.91 Å². The molecule has 2 aromatic carbocycles. The standard InChI is InChI=1S/C17H15N3O5S/c1-10-14(8-11-2-7-15(21)16(22)9-11)17(23)20(19-10)12-3-5-13(6-4-12)26(18,24)25/h2-9,21-22H,1H3,(H2,18,24,25)/b14-8-. The molecule has 0 aromatic heterocycles. The largest absolute Gasteiger partial charge is 0.504 e. The zero-order chi connectivity index (χ0) is 19.1. The van der Waals surface area contributed by atoms with Crippen molar-refractivity contribution in [1.29, 1.82) is 0 Å². The smallest absolute Gasteiger partial charge is 0.280 e. The van der Waals surface area contributed by atoms with E-state index in [4.69, 9.17) is 5.14 Å². The lowest BCUT2D eigenvalue weighted by Crippen LogP contribution is -2.21. The highest BCUT2D eigenvalue weighted by atomic mass is 32.2. The number of hydrogen-bond donors (Lipinski definition) is 3. The molecule has 1 aliphatic rings. The van der Waals surface area contributed by atoms with E-state index in [1.807, 2.05) is 0 Å². The van der Waals surface area contributed by atoms with Crippen LogP contribution in [0.25, 0.3) is 6.08 Å². The summed E-state index contributed by atoms with van der Waals surface area (Å²) in [7, 11) is -3.82. The normalized spacial score (nSPS) is 16.2. The van der Waals surface area contributed by atoms with Crippen LogP contribution in [-0.2, 0) is 14.8 Å². The molecule has 0 unspecified atom stereocenters. The van der Waals surface area contributed by atoms with E-state index in [2.05, 4.69) is 5.10 Å². The number of carbonyl (C=O) groups is 1. The molecular formula is C17H15N3O5S. The maximum absolute atomic E-state index is 12.6. The number of carbonyl (C=O) groups excluding carboxylic acids is 1. The van der Waals surface area contributed by atoms with Crippen molar-refractivity contribution in [3.05, 3.63) is 53.6 Å². The molecule has 1 aliphatic heterocycles. The zero-order valence-corrected chi connectivity index (χ0v) is 14.4. The lowest BCUT2D eigenvalue weighted by molar-refractivity contribution is -0.114. The highest BCUT2D eigenvalue weighted by molar-refractivity contribution is 7.89. The van der Waals surface area contributed by atoms with Crippen molar-refractivity contribution in [2.75, 3.05) is 5.01 Å². The Kier molecular flexibility index (Phi) is 4.26. The van der Waals surface area contributed by atoms with E-state index >= 15 is 0 Å². The van der Waals surface area contributed by atoms with E-state index in [9.17, 15) is 23.4 Å². The van der Waals surface area contributed by atoms with Crippen LogP contribution in [0.15, 0.2) is 58.0 Å². The number of sulfonamides is 1. The minimum atomic E-state index is -3.82. The summed E-state index contributed by atoms with van der Waals surface area (Å²) in [6.07, 6.45) is 1.54. The van der Waals surface area contributed by atoms with Crippen LogP contribution >= 0.6 is 0 Å². The van der Waals surface area contributed by atoms with Crippen molar-refractivity contribution in [2.45, 2.75) is 11.8 Å². The lowest BCUT2D eigenvalue weighted by atomic mass is 10.1. The molecule has 0 aliphatic carbocycles. The number of hydrogen-bond acceptors (Lipinski definition) is 6. The van der Waals surface area contributed by atoms with Gasteiger partial charge in [0.1, 0.15) is 0 Å². The molecular weight excluding hydrogens is 358 g/mol. The fourth-order valence-corrected chi connectivity index (χ4v) is 2.95. The topological polar surface area (TPSA) is 133 Å². The molecule has 1 heterocycles. The average Bonchev–Trinajstić information content (AvgIpc) is 2.86. The molecule has 0 radical (unpaired) electrons. The molecule has 8 nitrogen and oxygen atoms in total. The second-order valence-electron chi connectivity index (χ2n) is 5.65. The van der Waals surface area contributed by atoms with Gasteiger partial charge in [-0.25, -0.2) is 13.6 Å². The van der Waals surface area contributed by atoms with Gasteiger partial charge < -0.3 is 10.2 Å². The van der Waals surface area contributed by atoms with Crippen molar-refractivity contribution in [1.82, 2.24) is 0 Å². The number of aromatic hydroxyl groups is 2. The second-order valence-corrected chi connectivity index (χ2v) is 7.21. The number of nitrogens with two attached hydrogens (primary N) is 1. The first kappa shape index (κ1) is 17.6. The summed E-state index contributed by atoms with van der Waals surface area (Å²) in [5, 5.41) is 29.3. The Labute approximate surface area is 149 Å². The number of phenols is 2. The lowest BCUT2D eigenvalue weighted by Gasteiger charge is -2.12. The van der Waals surface area contributed by atoms with Gasteiger partial charge >= 0.3 is 0 Å². The number of nitrogens with zero attached hydrogens (tertiary/aromatic N) is 2. The molecule has 0 fully saturated rings. The first-order valence-corrected chi connectivity index (χ1v) is 8.98. The van der Waals surface area contributed by atoms with E-state index in [1.54, 1.807) is 19.1 Å². The zero-order valence-electron chi connectivity index (χ0n) is 13.6. The Morgan fingerprint density at radius 2 is 1.73 bits per heavy atom. The molecule has 0 atom stereocenters. The van der Waals surface area contributed by atoms with Gasteiger partial charge in [0, 0.05) is 0 Å². The Morgan fingerprint density at radius 1 is 1.08 bits per heavy atom. The highest BCUT2D eigenvalue weighted by Gasteiger charge is 2.28. The predicted molar refractivity (Wildman–Crippen MR) is 96.2 cm³/mol. The molecule has 9 heteroatoms. The van der Waals surface area contributed by atoms with Crippen LogP contribution in [0, 0.1) is 0 Å². The van der Waals surface area contributed by atoms with E-state index in [0.29, 0.717) is 22.5 Å². The van der Waals surface area contributed by atoms with Crippen LogP contribution in [0.1, 0.15) is 12.5 Å². The Balaban J connectivity index is 1.92. The van der Waals surface area contributed by atoms with Crippen LogP contribution in [0.3, 0.4) is 0 Å². The number of amides is 1. The van der Waals surface area contributed by atoms with Crippen LogP contribution in [0.2, 0.25) is 0 Å². The summed E-state index contributed by atoms with van der Waals surface area (Å²) in [6.45, 7) is 1.66. The van der Waals surface area contributed by atoms with Crippen LogP contribution in [0.5, 0.6) is 11.5 Å². The van der Waals surface area contributed by atoms with Crippen LogP contribution in [0.4, 0.5) is 5.69 Å². The molecule has 3 rings (SSSR count). The predicted octanol–water partition coefficient (Wildman–Crippen LogP) is 1.55. The van der Waals surface area contributed by atoms with Crippen molar-refractivity contribution >= 4 is 33.4 Å². The monoisotopic (exact) mass is 373 g/mol. The maximum atomic E-state index is 12.6. The summed E-state index contributed by atoms with van der Waals surface area (Å²) < 4.78 is 22.6. The fraction of sp³-hybridized carbons (Fsp3) is 0.0588. The van der Waals surface area contributed by atoms with E-state index < -0.39 is 15.9 Å². The number of primary sulfonamides is 1. The third-order valence-corrected chi connectivity index (χ3v) is 4.71. The number of rotatable bonds is 3. The number of anilines is 1. The summed E-state index contributed by atoms with van der Waals surface area (Å²) in [6, 6.07) is 9.65. The van der Waals surface area contributed by atoms with E-state index in [1.165, 1.54) is 36.4 Å². The summed E-state index contributed by atoms with van der Waals surface area (Å²) in [5.41, 5.74) is 1.67. The van der Waals surface area contributed by atoms with E-state index in [-0.39, 0.29) is 16.4 Å². The Bertz CT molecular complexity index is 1060. The number of benzene rings is 2. The highest BCUT2D eigenvalue weighted by Crippen LogP contribution is 2.29. The van der Waals surface area contributed by atoms with Gasteiger partial charge in [-0.1, -0.05) is 6.07 Å².